The highest BCUT2D eigenvalue weighted by molar-refractivity contribution is 6.16. The molecule has 3 aromatic heterocycles. The fraction of sp³-hybridized carbons (Fsp3) is 0.0217. The highest BCUT2D eigenvalue weighted by atomic mass is 15.1. The molecule has 4 nitrogen and oxygen atoms in total. The van der Waals surface area contributed by atoms with Crippen LogP contribution in [0.2, 0.25) is 0 Å². The zero-order chi connectivity index (χ0) is 33.0. The number of nitrogens with zero attached hydrogens (tertiary/aromatic N) is 3. The lowest BCUT2D eigenvalue weighted by atomic mass is 9.98. The Balaban J connectivity index is 1.23. The second-order valence-electron chi connectivity index (χ2n) is 12.8. The van der Waals surface area contributed by atoms with Crippen molar-refractivity contribution in [2.75, 3.05) is 11.9 Å². The van der Waals surface area contributed by atoms with Crippen LogP contribution in [0.3, 0.4) is 0 Å². The topological polar surface area (TPSA) is 34.8 Å². The Bertz CT molecular complexity index is 2680. The SMILES string of the molecule is C1=Cc2c(n(-c3ccccc3)c3cc(-c4cccc5c4c4ccccc4n5-c4cc(-c5ccccc5)cc(-c5ccccc5)n4)ccc23)NC1. The molecule has 0 atom stereocenters. The van der Waals surface area contributed by atoms with Crippen LogP contribution < -0.4 is 5.32 Å². The zero-order valence-electron chi connectivity index (χ0n) is 27.3. The molecule has 1 N–H and O–H groups in total. The van der Waals surface area contributed by atoms with E-state index < -0.39 is 0 Å². The lowest BCUT2D eigenvalue weighted by molar-refractivity contribution is 1.08. The molecule has 1 aliphatic rings. The van der Waals surface area contributed by atoms with Gasteiger partial charge in [-0.3, -0.25) is 9.13 Å². The second-order valence-corrected chi connectivity index (χ2v) is 12.8. The van der Waals surface area contributed by atoms with E-state index in [1.54, 1.807) is 0 Å². The molecule has 0 spiro atoms. The molecular formula is C46H32N4. The first-order valence-electron chi connectivity index (χ1n) is 17.1. The minimum atomic E-state index is 0.813. The van der Waals surface area contributed by atoms with Crippen LogP contribution in [0.1, 0.15) is 5.56 Å². The Morgan fingerprint density at radius 1 is 0.500 bits per heavy atom. The molecule has 1 aliphatic heterocycles. The van der Waals surface area contributed by atoms with Gasteiger partial charge in [0, 0.05) is 39.5 Å². The fourth-order valence-electron chi connectivity index (χ4n) is 7.69. The molecule has 0 saturated carbocycles. The van der Waals surface area contributed by atoms with Gasteiger partial charge in [0.2, 0.25) is 0 Å². The van der Waals surface area contributed by atoms with Crippen LogP contribution in [-0.2, 0) is 0 Å². The number of hydrogen-bond acceptors (Lipinski definition) is 2. The van der Waals surface area contributed by atoms with Crippen LogP contribution in [0.15, 0.2) is 170 Å². The summed E-state index contributed by atoms with van der Waals surface area (Å²) in [6.07, 6.45) is 4.45. The average molecular weight is 641 g/mol. The average Bonchev–Trinajstić information content (AvgIpc) is 3.71. The van der Waals surface area contributed by atoms with Gasteiger partial charge in [-0.15, -0.1) is 0 Å². The highest BCUT2D eigenvalue weighted by Crippen LogP contribution is 2.42. The van der Waals surface area contributed by atoms with Crippen LogP contribution >= 0.6 is 0 Å². The van der Waals surface area contributed by atoms with E-state index >= 15 is 0 Å². The monoisotopic (exact) mass is 640 g/mol. The van der Waals surface area contributed by atoms with E-state index in [1.807, 2.05) is 0 Å². The Kier molecular flexibility index (Phi) is 6.53. The molecule has 236 valence electrons. The van der Waals surface area contributed by atoms with E-state index in [0.717, 1.165) is 57.3 Å². The smallest absolute Gasteiger partial charge is 0.138 e. The van der Waals surface area contributed by atoms with Crippen LogP contribution in [0.5, 0.6) is 0 Å². The van der Waals surface area contributed by atoms with Crippen molar-refractivity contribution in [1.29, 1.82) is 0 Å². The summed E-state index contributed by atoms with van der Waals surface area (Å²) in [6, 6.07) is 58.5. The van der Waals surface area contributed by atoms with Gasteiger partial charge in [0.1, 0.15) is 11.6 Å². The standard InChI is InChI=1S/C46H32N4/c1-4-14-31(15-5-1)34-28-40(32-16-6-2-7-17-32)48-44(30-34)50-41-23-11-10-20-39(41)45-36(21-12-24-42(45)50)33-25-26-37-38-22-13-27-47-46(38)49(43(37)29-33)35-18-8-3-9-19-35/h1-26,28-30,47H,27H2. The zero-order valence-corrected chi connectivity index (χ0v) is 27.3. The number of rotatable bonds is 5. The van der Waals surface area contributed by atoms with Crippen molar-refractivity contribution in [1.82, 2.24) is 14.1 Å². The van der Waals surface area contributed by atoms with Crippen LogP contribution in [-0.4, -0.2) is 20.7 Å². The van der Waals surface area contributed by atoms with Gasteiger partial charge in [0.15, 0.2) is 0 Å². The summed E-state index contributed by atoms with van der Waals surface area (Å²) in [6.45, 7) is 0.813. The maximum absolute atomic E-state index is 5.34. The number of aromatic nitrogens is 3. The van der Waals surface area contributed by atoms with Crippen LogP contribution in [0, 0.1) is 0 Å². The van der Waals surface area contributed by atoms with Gasteiger partial charge in [-0.05, 0) is 64.7 Å². The fourth-order valence-corrected chi connectivity index (χ4v) is 7.69. The van der Waals surface area contributed by atoms with Gasteiger partial charge in [-0.25, -0.2) is 4.98 Å². The van der Waals surface area contributed by atoms with E-state index in [2.05, 4.69) is 190 Å². The first-order valence-corrected chi connectivity index (χ1v) is 17.1. The Morgan fingerprint density at radius 3 is 2.04 bits per heavy atom. The van der Waals surface area contributed by atoms with E-state index in [1.165, 1.54) is 38.4 Å². The van der Waals surface area contributed by atoms with Gasteiger partial charge in [0.05, 0.1) is 22.2 Å². The van der Waals surface area contributed by atoms with Crippen LogP contribution in [0.4, 0.5) is 5.82 Å². The Labute approximate surface area is 290 Å². The molecule has 0 bridgehead atoms. The second kappa shape index (κ2) is 11.5. The quantitative estimate of drug-likeness (QED) is 0.203. The third-order valence-corrected chi connectivity index (χ3v) is 9.92. The molecule has 6 aromatic carbocycles. The van der Waals surface area contributed by atoms with Gasteiger partial charge >= 0.3 is 0 Å². The van der Waals surface area contributed by atoms with Crippen molar-refractivity contribution >= 4 is 44.6 Å². The van der Waals surface area contributed by atoms with E-state index in [9.17, 15) is 0 Å². The number of anilines is 1. The van der Waals surface area contributed by atoms with Gasteiger partial charge in [-0.2, -0.15) is 0 Å². The summed E-state index contributed by atoms with van der Waals surface area (Å²) in [7, 11) is 0. The molecule has 4 heterocycles. The number of fused-ring (bicyclic) bond motifs is 6. The third kappa shape index (κ3) is 4.50. The first-order chi connectivity index (χ1) is 24.8. The van der Waals surface area contributed by atoms with Crippen LogP contribution in [0.25, 0.3) is 83.8 Å². The highest BCUT2D eigenvalue weighted by Gasteiger charge is 2.22. The van der Waals surface area contributed by atoms with E-state index in [4.69, 9.17) is 4.98 Å². The molecule has 0 saturated heterocycles. The molecule has 0 radical (unpaired) electrons. The molecule has 0 fully saturated rings. The predicted octanol–water partition coefficient (Wildman–Crippen LogP) is 11.6. The van der Waals surface area contributed by atoms with E-state index in [0.29, 0.717) is 0 Å². The van der Waals surface area contributed by atoms with Crippen molar-refractivity contribution in [2.24, 2.45) is 0 Å². The van der Waals surface area contributed by atoms with Gasteiger partial charge in [0.25, 0.3) is 0 Å². The summed E-state index contributed by atoms with van der Waals surface area (Å²) < 4.78 is 4.71. The normalized spacial score (nSPS) is 12.4. The largest absolute Gasteiger partial charge is 0.367 e. The molecule has 0 unspecified atom stereocenters. The van der Waals surface area contributed by atoms with E-state index in [-0.39, 0.29) is 0 Å². The van der Waals surface area contributed by atoms with Crippen molar-refractivity contribution < 1.29 is 0 Å². The minimum Gasteiger partial charge on any atom is -0.367 e. The number of para-hydroxylation sites is 2. The van der Waals surface area contributed by atoms with Gasteiger partial charge in [-0.1, -0.05) is 133 Å². The molecule has 50 heavy (non-hydrogen) atoms. The maximum atomic E-state index is 5.34. The maximum Gasteiger partial charge on any atom is 0.138 e. The summed E-state index contributed by atoms with van der Waals surface area (Å²) in [5.74, 6) is 2.03. The summed E-state index contributed by atoms with van der Waals surface area (Å²) >= 11 is 0. The number of nitrogens with one attached hydrogen (secondary N) is 1. The molecule has 9 aromatic rings. The lowest BCUT2D eigenvalue weighted by Gasteiger charge is -2.15. The number of benzene rings is 6. The first kappa shape index (κ1) is 28.4. The van der Waals surface area contributed by atoms with Crippen molar-refractivity contribution in [3.8, 4) is 45.0 Å². The lowest BCUT2D eigenvalue weighted by Crippen LogP contribution is -2.08. The minimum absolute atomic E-state index is 0.813. The Hall–Kier alpha value is -6.65. The molecular weight excluding hydrogens is 609 g/mol. The van der Waals surface area contributed by atoms with Gasteiger partial charge < -0.3 is 5.32 Å². The predicted molar refractivity (Wildman–Crippen MR) is 209 cm³/mol. The van der Waals surface area contributed by atoms with Crippen molar-refractivity contribution in [3.05, 3.63) is 175 Å². The van der Waals surface area contributed by atoms with Crippen molar-refractivity contribution in [2.45, 2.75) is 0 Å². The molecule has 10 rings (SSSR count). The summed E-state index contributed by atoms with van der Waals surface area (Å²) in [5, 5.41) is 7.31. The third-order valence-electron chi connectivity index (χ3n) is 9.92. The molecule has 0 amide bonds. The Morgan fingerprint density at radius 2 is 1.22 bits per heavy atom. The molecule has 0 aliphatic carbocycles. The summed E-state index contributed by atoms with van der Waals surface area (Å²) in [5.41, 5.74) is 12.5. The number of pyridine rings is 1. The molecule has 4 heteroatoms. The van der Waals surface area contributed by atoms with Crippen molar-refractivity contribution in [3.63, 3.8) is 0 Å². The number of hydrogen-bond donors (Lipinski definition) is 1. The summed E-state index contributed by atoms with van der Waals surface area (Å²) in [4.78, 5) is 5.34.